The van der Waals surface area contributed by atoms with Gasteiger partial charge in [0.25, 0.3) is 0 Å². The Morgan fingerprint density at radius 3 is 2.00 bits per heavy atom. The Hall–Kier alpha value is -1.51. The van der Waals surface area contributed by atoms with Crippen molar-refractivity contribution >= 4 is 17.7 Å². The third-order valence-electron chi connectivity index (χ3n) is 2.56. The fraction of sp³-hybridized carbons (Fsp3) is 0.300. The summed E-state index contributed by atoms with van der Waals surface area (Å²) in [5.41, 5.74) is 2.23. The van der Waals surface area contributed by atoms with E-state index in [1.54, 1.807) is 0 Å². The monoisotopic (exact) mass is 176 g/mol. The van der Waals surface area contributed by atoms with Gasteiger partial charge in [-0.15, -0.1) is 0 Å². The number of rotatable bonds is 1. The van der Waals surface area contributed by atoms with E-state index in [-0.39, 0.29) is 6.17 Å². The molecule has 0 atom stereocenters. The molecule has 0 N–H and O–H groups in total. The van der Waals surface area contributed by atoms with Crippen LogP contribution in [-0.4, -0.2) is 26.5 Å². The molecule has 3 heteroatoms. The lowest BCUT2D eigenvalue weighted by molar-refractivity contribution is -0.108. The lowest BCUT2D eigenvalue weighted by Gasteiger charge is -2.21. The molecule has 1 heterocycles. The maximum Gasteiger partial charge on any atom is 0.162 e. The van der Waals surface area contributed by atoms with Gasteiger partial charge in [0.1, 0.15) is 0 Å². The van der Waals surface area contributed by atoms with Crippen LogP contribution in [0.1, 0.15) is 0 Å². The molecule has 13 heavy (non-hydrogen) atoms. The Morgan fingerprint density at radius 1 is 1.15 bits per heavy atom. The summed E-state index contributed by atoms with van der Waals surface area (Å²) < 4.78 is 0. The number of likely N-dealkylation sites (N-methyl/N-ethyl adjacent to an activating group) is 2. The van der Waals surface area contributed by atoms with E-state index in [0.717, 1.165) is 17.7 Å². The number of hydrogen-bond acceptors (Lipinski definition) is 3. The summed E-state index contributed by atoms with van der Waals surface area (Å²) in [5, 5.41) is 0. The molecular formula is C10H12N2O. The second kappa shape index (κ2) is 2.76. The minimum Gasteiger partial charge on any atom is -0.347 e. The number of hydrogen-bond donors (Lipinski definition) is 0. The van der Waals surface area contributed by atoms with Crippen LogP contribution in [0, 0.1) is 0 Å². The van der Waals surface area contributed by atoms with Crippen molar-refractivity contribution in [3.8, 4) is 0 Å². The first-order chi connectivity index (χ1) is 6.25. The summed E-state index contributed by atoms with van der Waals surface area (Å²) >= 11 is 0. The summed E-state index contributed by atoms with van der Waals surface area (Å²) in [5.74, 6) is 0. The van der Waals surface area contributed by atoms with E-state index in [1.165, 1.54) is 0 Å². The van der Waals surface area contributed by atoms with Crippen LogP contribution in [-0.2, 0) is 4.79 Å². The first kappa shape index (κ1) is 8.10. The number of benzene rings is 1. The lowest BCUT2D eigenvalue weighted by Crippen LogP contribution is -2.40. The molecule has 0 aromatic heterocycles. The normalized spacial score (nSPS) is 16.2. The van der Waals surface area contributed by atoms with E-state index in [1.807, 2.05) is 48.2 Å². The van der Waals surface area contributed by atoms with E-state index in [2.05, 4.69) is 0 Å². The van der Waals surface area contributed by atoms with Crippen LogP contribution in [0.2, 0.25) is 0 Å². The molecule has 0 saturated carbocycles. The minimum atomic E-state index is -0.155. The van der Waals surface area contributed by atoms with Crippen LogP contribution in [0.3, 0.4) is 0 Å². The van der Waals surface area contributed by atoms with Crippen LogP contribution in [0.25, 0.3) is 0 Å². The topological polar surface area (TPSA) is 23.6 Å². The first-order valence-corrected chi connectivity index (χ1v) is 4.25. The van der Waals surface area contributed by atoms with Crippen molar-refractivity contribution in [2.45, 2.75) is 6.17 Å². The highest BCUT2D eigenvalue weighted by molar-refractivity contribution is 5.85. The Morgan fingerprint density at radius 2 is 1.62 bits per heavy atom. The molecule has 0 fully saturated rings. The molecule has 0 radical (unpaired) electrons. The second-order valence-corrected chi connectivity index (χ2v) is 3.26. The lowest BCUT2D eigenvalue weighted by atomic mass is 10.3. The quantitative estimate of drug-likeness (QED) is 0.598. The number of fused-ring (bicyclic) bond motifs is 1. The zero-order valence-electron chi connectivity index (χ0n) is 7.77. The Balaban J connectivity index is 2.50. The molecule has 3 nitrogen and oxygen atoms in total. The summed E-state index contributed by atoms with van der Waals surface area (Å²) in [6.45, 7) is 0. The van der Waals surface area contributed by atoms with Crippen molar-refractivity contribution in [3.63, 3.8) is 0 Å². The average molecular weight is 176 g/mol. The average Bonchev–Trinajstić information content (AvgIpc) is 2.41. The van der Waals surface area contributed by atoms with Gasteiger partial charge in [-0.2, -0.15) is 0 Å². The van der Waals surface area contributed by atoms with Crippen molar-refractivity contribution in [1.82, 2.24) is 0 Å². The molecule has 0 unspecified atom stereocenters. The second-order valence-electron chi connectivity index (χ2n) is 3.26. The van der Waals surface area contributed by atoms with Crippen LogP contribution >= 0.6 is 0 Å². The Bertz CT molecular complexity index is 308. The van der Waals surface area contributed by atoms with Crippen LogP contribution in [0.4, 0.5) is 11.4 Å². The number of nitrogens with zero attached hydrogens (tertiary/aromatic N) is 2. The number of carbonyl (C=O) groups excluding carboxylic acids is 1. The van der Waals surface area contributed by atoms with E-state index in [4.69, 9.17) is 0 Å². The molecule has 0 spiro atoms. The molecule has 1 aliphatic rings. The van der Waals surface area contributed by atoms with Gasteiger partial charge in [-0.1, -0.05) is 12.1 Å². The standard InChI is InChI=1S/C10H12N2O/c1-11-8-5-3-4-6-9(8)12(2)10(11)7-13/h3-7,10H,1-2H3. The van der Waals surface area contributed by atoms with Crippen molar-refractivity contribution in [1.29, 1.82) is 0 Å². The van der Waals surface area contributed by atoms with Gasteiger partial charge in [-0.3, -0.25) is 4.79 Å². The smallest absolute Gasteiger partial charge is 0.162 e. The Labute approximate surface area is 77.6 Å². The van der Waals surface area contributed by atoms with Crippen molar-refractivity contribution in [2.75, 3.05) is 23.9 Å². The molecule has 1 aliphatic heterocycles. The zero-order valence-corrected chi connectivity index (χ0v) is 7.77. The van der Waals surface area contributed by atoms with Crippen LogP contribution < -0.4 is 9.80 Å². The molecule has 68 valence electrons. The predicted octanol–water partition coefficient (Wildman–Crippen LogP) is 1.10. The third-order valence-corrected chi connectivity index (χ3v) is 2.56. The van der Waals surface area contributed by atoms with E-state index < -0.39 is 0 Å². The number of para-hydroxylation sites is 2. The van der Waals surface area contributed by atoms with Crippen molar-refractivity contribution in [2.24, 2.45) is 0 Å². The molecule has 0 amide bonds. The largest absolute Gasteiger partial charge is 0.347 e. The highest BCUT2D eigenvalue weighted by Crippen LogP contribution is 2.36. The maximum atomic E-state index is 10.8. The predicted molar refractivity (Wildman–Crippen MR) is 53.1 cm³/mol. The highest BCUT2D eigenvalue weighted by Gasteiger charge is 2.29. The summed E-state index contributed by atoms with van der Waals surface area (Å²) in [6, 6.07) is 8.01. The highest BCUT2D eigenvalue weighted by atomic mass is 16.1. The van der Waals surface area contributed by atoms with Crippen molar-refractivity contribution in [3.05, 3.63) is 24.3 Å². The SMILES string of the molecule is CN1c2ccccc2N(C)C1C=O. The first-order valence-electron chi connectivity index (χ1n) is 4.25. The molecule has 1 aromatic carbocycles. The molecular weight excluding hydrogens is 164 g/mol. The van der Waals surface area contributed by atoms with Gasteiger partial charge in [0.05, 0.1) is 11.4 Å². The maximum absolute atomic E-state index is 10.8. The molecule has 2 rings (SSSR count). The zero-order chi connectivity index (χ0) is 9.42. The van der Waals surface area contributed by atoms with Crippen LogP contribution in [0.15, 0.2) is 24.3 Å². The van der Waals surface area contributed by atoms with E-state index in [9.17, 15) is 4.79 Å². The molecule has 0 saturated heterocycles. The van der Waals surface area contributed by atoms with E-state index in [0.29, 0.717) is 0 Å². The van der Waals surface area contributed by atoms with Crippen LogP contribution in [0.5, 0.6) is 0 Å². The van der Waals surface area contributed by atoms with Gasteiger partial charge in [-0.25, -0.2) is 0 Å². The number of aldehydes is 1. The number of carbonyl (C=O) groups is 1. The minimum absolute atomic E-state index is 0.155. The van der Waals surface area contributed by atoms with Gasteiger partial charge in [0.2, 0.25) is 0 Å². The van der Waals surface area contributed by atoms with Gasteiger partial charge in [0.15, 0.2) is 12.5 Å². The van der Waals surface area contributed by atoms with E-state index >= 15 is 0 Å². The number of anilines is 2. The molecule has 1 aromatic rings. The van der Waals surface area contributed by atoms with Gasteiger partial charge in [-0.05, 0) is 12.1 Å². The summed E-state index contributed by atoms with van der Waals surface area (Å²) in [4.78, 5) is 14.8. The third kappa shape index (κ3) is 1.00. The fourth-order valence-corrected chi connectivity index (χ4v) is 1.79. The summed E-state index contributed by atoms with van der Waals surface area (Å²) in [7, 11) is 3.86. The van der Waals surface area contributed by atoms with Gasteiger partial charge in [0, 0.05) is 14.1 Å². The Kier molecular flexibility index (Phi) is 1.72. The fourth-order valence-electron chi connectivity index (χ4n) is 1.79. The summed E-state index contributed by atoms with van der Waals surface area (Å²) in [6.07, 6.45) is 0.803. The molecule has 0 bridgehead atoms. The van der Waals surface area contributed by atoms with Crippen molar-refractivity contribution < 1.29 is 4.79 Å². The molecule has 0 aliphatic carbocycles. The van der Waals surface area contributed by atoms with Gasteiger partial charge >= 0.3 is 0 Å². The van der Waals surface area contributed by atoms with Gasteiger partial charge < -0.3 is 9.80 Å².